The molecule has 10 heteroatoms. The summed E-state index contributed by atoms with van der Waals surface area (Å²) >= 11 is 0. The zero-order chi connectivity index (χ0) is 20.8. The zero-order valence-electron chi connectivity index (χ0n) is 15.2. The number of benzene rings is 1. The van der Waals surface area contributed by atoms with Gasteiger partial charge in [-0.05, 0) is 43.4 Å². The van der Waals surface area contributed by atoms with Crippen molar-refractivity contribution in [3.8, 4) is 0 Å². The second-order valence-electron chi connectivity index (χ2n) is 6.42. The molecule has 152 valence electrons. The summed E-state index contributed by atoms with van der Waals surface area (Å²) in [6.45, 7) is 5.47. The maximum absolute atomic E-state index is 11.3. The van der Waals surface area contributed by atoms with E-state index in [1.807, 2.05) is 0 Å². The van der Waals surface area contributed by atoms with Crippen LogP contribution in [0.3, 0.4) is 0 Å². The number of primary amides is 1. The highest BCUT2D eigenvalue weighted by Crippen LogP contribution is 2.37. The summed E-state index contributed by atoms with van der Waals surface area (Å²) in [5, 5.41) is 0.826. The van der Waals surface area contributed by atoms with Crippen LogP contribution in [0.1, 0.15) is 36.5 Å². The van der Waals surface area contributed by atoms with Gasteiger partial charge in [0.1, 0.15) is 0 Å². The van der Waals surface area contributed by atoms with E-state index in [1.165, 1.54) is 43.5 Å². The van der Waals surface area contributed by atoms with Gasteiger partial charge in [0.25, 0.3) is 10.1 Å². The van der Waals surface area contributed by atoms with Crippen LogP contribution in [0.2, 0.25) is 0 Å². The van der Waals surface area contributed by atoms with Crippen LogP contribution in [0, 0.1) is 5.92 Å². The van der Waals surface area contributed by atoms with Gasteiger partial charge in [0.15, 0.2) is 9.84 Å². The van der Waals surface area contributed by atoms with E-state index < -0.39 is 25.9 Å². The highest BCUT2D eigenvalue weighted by Gasteiger charge is 2.37. The summed E-state index contributed by atoms with van der Waals surface area (Å²) in [5.74, 6) is 0.194. The molecule has 0 aliphatic carbocycles. The summed E-state index contributed by atoms with van der Waals surface area (Å²) in [6.07, 6.45) is 5.98. The lowest BCUT2D eigenvalue weighted by atomic mass is 9.91. The number of carbonyl (C=O) groups is 1. The smallest absolute Gasteiger partial charge is 0.261 e. The first-order chi connectivity index (χ1) is 12.3. The summed E-state index contributed by atoms with van der Waals surface area (Å²) in [6, 6.07) is 5.50. The Hall–Kier alpha value is -1.75. The molecule has 0 spiro atoms. The fraction of sp³-hybridized carbons (Fsp3) is 0.471. The van der Waals surface area contributed by atoms with Crippen molar-refractivity contribution in [2.75, 3.05) is 6.26 Å². The van der Waals surface area contributed by atoms with Crippen LogP contribution < -0.4 is 5.73 Å². The SMILES string of the molecule is C=CS(=O)(=O)c1cccc(C(N)=O)c1.CC1CC2CCC1O2.CS(=O)(=O)O. The number of rotatable bonds is 3. The third-order valence-corrected chi connectivity index (χ3v) is 5.43. The van der Waals surface area contributed by atoms with Gasteiger partial charge in [0.2, 0.25) is 5.91 Å². The highest BCUT2D eigenvalue weighted by molar-refractivity contribution is 7.94. The quantitative estimate of drug-likeness (QED) is 0.711. The molecule has 2 aliphatic heterocycles. The van der Waals surface area contributed by atoms with Gasteiger partial charge in [-0.2, -0.15) is 8.42 Å². The van der Waals surface area contributed by atoms with E-state index in [2.05, 4.69) is 13.5 Å². The molecule has 2 saturated heterocycles. The van der Waals surface area contributed by atoms with Crippen molar-refractivity contribution in [3.05, 3.63) is 41.8 Å². The molecular weight excluding hydrogens is 394 g/mol. The number of hydrogen-bond acceptors (Lipinski definition) is 6. The molecule has 8 nitrogen and oxygen atoms in total. The third-order valence-electron chi connectivity index (χ3n) is 4.08. The fourth-order valence-electron chi connectivity index (χ4n) is 2.81. The molecule has 27 heavy (non-hydrogen) atoms. The Morgan fingerprint density at radius 1 is 1.30 bits per heavy atom. The Balaban J connectivity index is 0.000000234. The van der Waals surface area contributed by atoms with Crippen molar-refractivity contribution in [2.24, 2.45) is 11.7 Å². The monoisotopic (exact) mass is 419 g/mol. The molecule has 0 saturated carbocycles. The predicted octanol–water partition coefficient (Wildman–Crippen LogP) is 1.78. The second-order valence-corrected chi connectivity index (χ2v) is 9.78. The van der Waals surface area contributed by atoms with Crippen LogP contribution >= 0.6 is 0 Å². The van der Waals surface area contributed by atoms with E-state index >= 15 is 0 Å². The van der Waals surface area contributed by atoms with Crippen LogP contribution in [0.4, 0.5) is 0 Å². The van der Waals surface area contributed by atoms with Crippen molar-refractivity contribution in [1.29, 1.82) is 0 Å². The third kappa shape index (κ3) is 8.21. The van der Waals surface area contributed by atoms with Crippen molar-refractivity contribution < 1.29 is 30.9 Å². The molecule has 1 aromatic carbocycles. The Morgan fingerprint density at radius 2 is 1.89 bits per heavy atom. The Morgan fingerprint density at radius 3 is 2.22 bits per heavy atom. The molecule has 2 bridgehead atoms. The van der Waals surface area contributed by atoms with Crippen LogP contribution in [0.25, 0.3) is 0 Å². The van der Waals surface area contributed by atoms with Crippen molar-refractivity contribution in [3.63, 3.8) is 0 Å². The number of hydrogen-bond donors (Lipinski definition) is 2. The number of sulfone groups is 1. The molecule has 0 aromatic heterocycles. The topological polar surface area (TPSA) is 141 Å². The van der Waals surface area contributed by atoms with Crippen molar-refractivity contribution in [2.45, 2.75) is 43.3 Å². The molecule has 3 atom stereocenters. The molecule has 3 unspecified atom stereocenters. The van der Waals surface area contributed by atoms with Gasteiger partial charge in [-0.15, -0.1) is 0 Å². The highest BCUT2D eigenvalue weighted by atomic mass is 32.2. The summed E-state index contributed by atoms with van der Waals surface area (Å²) < 4.78 is 54.1. The maximum Gasteiger partial charge on any atom is 0.261 e. The Bertz CT molecular complexity index is 868. The minimum atomic E-state index is -3.67. The average molecular weight is 420 g/mol. The molecule has 0 radical (unpaired) electrons. The lowest BCUT2D eigenvalue weighted by Crippen LogP contribution is -2.11. The lowest BCUT2D eigenvalue weighted by Gasteiger charge is -2.11. The summed E-state index contributed by atoms with van der Waals surface area (Å²) in [4.78, 5) is 10.8. The van der Waals surface area contributed by atoms with Crippen molar-refractivity contribution in [1.82, 2.24) is 0 Å². The van der Waals surface area contributed by atoms with Gasteiger partial charge in [0, 0.05) is 11.0 Å². The predicted molar refractivity (Wildman–Crippen MR) is 101 cm³/mol. The number of amides is 1. The lowest BCUT2D eigenvalue weighted by molar-refractivity contribution is 0.0948. The van der Waals surface area contributed by atoms with Crippen LogP contribution in [-0.2, 0) is 24.7 Å². The van der Waals surface area contributed by atoms with E-state index in [9.17, 15) is 21.6 Å². The van der Waals surface area contributed by atoms with Gasteiger partial charge < -0.3 is 10.5 Å². The first kappa shape index (κ1) is 23.3. The van der Waals surface area contributed by atoms with E-state index in [-0.39, 0.29) is 10.5 Å². The molecule has 2 heterocycles. The van der Waals surface area contributed by atoms with E-state index in [0.29, 0.717) is 18.5 Å². The second kappa shape index (κ2) is 9.45. The summed E-state index contributed by atoms with van der Waals surface area (Å²) in [5.41, 5.74) is 5.17. The number of carbonyl (C=O) groups excluding carboxylic acids is 1. The van der Waals surface area contributed by atoms with Gasteiger partial charge in [0.05, 0.1) is 23.4 Å². The van der Waals surface area contributed by atoms with E-state index in [0.717, 1.165) is 11.3 Å². The fourth-order valence-corrected chi connectivity index (χ4v) is 3.57. The van der Waals surface area contributed by atoms with Gasteiger partial charge in [-0.25, -0.2) is 8.42 Å². The molecular formula is C17H25NO7S2. The number of fused-ring (bicyclic) bond motifs is 2. The Kier molecular flexibility index (Phi) is 8.15. The minimum Gasteiger partial charge on any atom is -0.375 e. The molecule has 3 rings (SSSR count). The average Bonchev–Trinajstić information content (AvgIpc) is 3.16. The molecule has 2 fully saturated rings. The van der Waals surface area contributed by atoms with Crippen molar-refractivity contribution >= 4 is 25.9 Å². The molecule has 1 aromatic rings. The largest absolute Gasteiger partial charge is 0.375 e. The van der Waals surface area contributed by atoms with Gasteiger partial charge in [-0.1, -0.05) is 19.6 Å². The molecule has 3 N–H and O–H groups in total. The van der Waals surface area contributed by atoms with E-state index in [4.69, 9.17) is 15.0 Å². The normalized spacial score (nSPS) is 23.4. The summed E-state index contributed by atoms with van der Waals surface area (Å²) in [7, 11) is -7.16. The minimum absolute atomic E-state index is 0.0174. The Labute approximate surface area is 160 Å². The van der Waals surface area contributed by atoms with E-state index in [1.54, 1.807) is 0 Å². The molecule has 1 amide bonds. The number of nitrogens with two attached hydrogens (primary N) is 1. The van der Waals surface area contributed by atoms with Gasteiger partial charge in [-0.3, -0.25) is 9.35 Å². The van der Waals surface area contributed by atoms with Crippen LogP contribution in [0.15, 0.2) is 41.1 Å². The first-order valence-electron chi connectivity index (χ1n) is 8.18. The zero-order valence-corrected chi connectivity index (χ0v) is 16.9. The van der Waals surface area contributed by atoms with Crippen LogP contribution in [-0.4, -0.2) is 45.8 Å². The first-order valence-corrected chi connectivity index (χ1v) is 11.6. The molecule has 2 aliphatic rings. The number of ether oxygens (including phenoxy) is 1. The van der Waals surface area contributed by atoms with Gasteiger partial charge >= 0.3 is 0 Å². The van der Waals surface area contributed by atoms with Crippen LogP contribution in [0.5, 0.6) is 0 Å². The standard InChI is InChI=1S/C9H9NO3S.C7H12O.CH4O3S/c1-2-14(12,13)8-5-3-4-7(6-8)9(10)11;1-5-4-6-2-3-7(5)8-6;1-5(2,3)4/h2-6H,1H2,(H2,10,11);5-7H,2-4H2,1H3;1H3,(H,2,3,4). The maximum atomic E-state index is 11.3.